The first-order chi connectivity index (χ1) is 14.5. The Hall–Kier alpha value is -3.26. The number of amides is 3. The van der Waals surface area contributed by atoms with Crippen LogP contribution in [0.1, 0.15) is 26.5 Å². The van der Waals surface area contributed by atoms with Gasteiger partial charge in [-0.3, -0.25) is 9.69 Å². The van der Waals surface area contributed by atoms with Crippen molar-refractivity contribution in [3.63, 3.8) is 0 Å². The van der Waals surface area contributed by atoms with Crippen LogP contribution in [0, 0.1) is 12.7 Å². The van der Waals surface area contributed by atoms with Crippen molar-refractivity contribution in [2.24, 2.45) is 0 Å². The van der Waals surface area contributed by atoms with Crippen molar-refractivity contribution >= 4 is 28.4 Å². The first-order valence-corrected chi connectivity index (χ1v) is 10.4. The topological polar surface area (TPSA) is 65.5 Å². The number of hydrogen-bond acceptors (Lipinski definition) is 4. The first kappa shape index (κ1) is 20.0. The molecule has 3 aromatic rings. The molecule has 4 rings (SSSR count). The zero-order chi connectivity index (χ0) is 21.1. The second kappa shape index (κ2) is 8.62. The second-order valence-electron chi connectivity index (χ2n) is 7.06. The zero-order valence-corrected chi connectivity index (χ0v) is 17.3. The molecular weight excluding hydrogens is 403 g/mol. The SMILES string of the molecule is Cc1nc(N2CCN(Cc3cccc(F)c3)C2=O)sc1C(=O)NCc1ccccc1. The maximum Gasteiger partial charge on any atom is 0.326 e. The number of rotatable bonds is 6. The second-order valence-corrected chi connectivity index (χ2v) is 8.04. The van der Waals surface area contributed by atoms with Crippen LogP contribution in [0.5, 0.6) is 0 Å². The quantitative estimate of drug-likeness (QED) is 0.651. The van der Waals surface area contributed by atoms with Gasteiger partial charge < -0.3 is 10.2 Å². The van der Waals surface area contributed by atoms with Crippen LogP contribution in [0.2, 0.25) is 0 Å². The number of aromatic nitrogens is 1. The van der Waals surface area contributed by atoms with E-state index in [1.165, 1.54) is 23.5 Å². The summed E-state index contributed by atoms with van der Waals surface area (Å²) in [5.41, 5.74) is 2.34. The molecule has 0 radical (unpaired) electrons. The first-order valence-electron chi connectivity index (χ1n) is 9.61. The third-order valence-electron chi connectivity index (χ3n) is 4.88. The lowest BCUT2D eigenvalue weighted by atomic mass is 10.2. The molecular formula is C22H21FN4O2S. The van der Waals surface area contributed by atoms with Crippen molar-refractivity contribution in [1.82, 2.24) is 15.2 Å². The van der Waals surface area contributed by atoms with Crippen molar-refractivity contribution in [2.45, 2.75) is 20.0 Å². The molecule has 0 atom stereocenters. The van der Waals surface area contributed by atoms with Gasteiger partial charge in [0.1, 0.15) is 10.7 Å². The van der Waals surface area contributed by atoms with Gasteiger partial charge in [0, 0.05) is 26.2 Å². The fourth-order valence-electron chi connectivity index (χ4n) is 3.33. The maximum absolute atomic E-state index is 13.4. The van der Waals surface area contributed by atoms with E-state index in [2.05, 4.69) is 10.3 Å². The van der Waals surface area contributed by atoms with Gasteiger partial charge >= 0.3 is 6.03 Å². The summed E-state index contributed by atoms with van der Waals surface area (Å²) < 4.78 is 13.4. The van der Waals surface area contributed by atoms with Crippen LogP contribution in [0.15, 0.2) is 54.6 Å². The molecule has 1 aromatic heterocycles. The Kier molecular flexibility index (Phi) is 5.76. The van der Waals surface area contributed by atoms with Crippen LogP contribution in [-0.2, 0) is 13.1 Å². The molecule has 1 N–H and O–H groups in total. The number of aryl methyl sites for hydroxylation is 1. The Balaban J connectivity index is 1.42. The molecule has 8 heteroatoms. The average Bonchev–Trinajstić information content (AvgIpc) is 3.30. The average molecular weight is 425 g/mol. The Morgan fingerprint density at radius 3 is 2.67 bits per heavy atom. The summed E-state index contributed by atoms with van der Waals surface area (Å²) in [5.74, 6) is -0.527. The minimum absolute atomic E-state index is 0.191. The molecule has 2 heterocycles. The highest BCUT2D eigenvalue weighted by Crippen LogP contribution is 2.29. The number of carbonyl (C=O) groups is 2. The van der Waals surface area contributed by atoms with Crippen LogP contribution in [0.3, 0.4) is 0 Å². The molecule has 0 spiro atoms. The Bertz CT molecular complexity index is 1070. The van der Waals surface area contributed by atoms with Crippen LogP contribution in [0.25, 0.3) is 0 Å². The predicted molar refractivity (Wildman–Crippen MR) is 114 cm³/mol. The summed E-state index contributed by atoms with van der Waals surface area (Å²) in [6.45, 7) is 3.52. The van der Waals surface area contributed by atoms with E-state index in [0.717, 1.165) is 11.1 Å². The van der Waals surface area contributed by atoms with Crippen LogP contribution >= 0.6 is 11.3 Å². The van der Waals surface area contributed by atoms with Crippen LogP contribution < -0.4 is 10.2 Å². The number of nitrogens with zero attached hydrogens (tertiary/aromatic N) is 3. The highest BCUT2D eigenvalue weighted by atomic mass is 32.1. The van der Waals surface area contributed by atoms with E-state index >= 15 is 0 Å². The van der Waals surface area contributed by atoms with E-state index < -0.39 is 0 Å². The fraction of sp³-hybridized carbons (Fsp3) is 0.227. The van der Waals surface area contributed by atoms with Gasteiger partial charge in [-0.2, -0.15) is 0 Å². The smallest absolute Gasteiger partial charge is 0.326 e. The van der Waals surface area contributed by atoms with Gasteiger partial charge in [-0.05, 0) is 30.2 Å². The molecule has 0 aliphatic carbocycles. The number of nitrogens with one attached hydrogen (secondary N) is 1. The normalized spacial score (nSPS) is 13.7. The summed E-state index contributed by atoms with van der Waals surface area (Å²) in [4.78, 5) is 33.6. The predicted octanol–water partition coefficient (Wildman–Crippen LogP) is 3.96. The van der Waals surface area contributed by atoms with Crippen LogP contribution in [0.4, 0.5) is 14.3 Å². The molecule has 0 bridgehead atoms. The standard InChI is InChI=1S/C22H21FN4O2S/c1-15-19(20(28)24-13-16-6-3-2-4-7-16)30-21(25-15)27-11-10-26(22(27)29)14-17-8-5-9-18(23)12-17/h2-9,12H,10-11,13-14H2,1H3,(H,24,28). The van der Waals surface area contributed by atoms with Gasteiger partial charge in [0.15, 0.2) is 5.13 Å². The zero-order valence-electron chi connectivity index (χ0n) is 16.5. The molecule has 154 valence electrons. The molecule has 0 saturated carbocycles. The van der Waals surface area contributed by atoms with Crippen LogP contribution in [-0.4, -0.2) is 34.9 Å². The molecule has 30 heavy (non-hydrogen) atoms. The monoisotopic (exact) mass is 424 g/mol. The van der Waals surface area contributed by atoms with Crippen molar-refractivity contribution in [3.05, 3.63) is 82.1 Å². The number of urea groups is 1. The number of anilines is 1. The Morgan fingerprint density at radius 1 is 1.13 bits per heavy atom. The highest BCUT2D eigenvalue weighted by Gasteiger charge is 2.32. The molecule has 1 aliphatic heterocycles. The van der Waals surface area contributed by atoms with Gasteiger partial charge in [0.2, 0.25) is 0 Å². The van der Waals surface area contributed by atoms with E-state index in [0.29, 0.717) is 41.9 Å². The lowest BCUT2D eigenvalue weighted by molar-refractivity contribution is 0.0954. The summed E-state index contributed by atoms with van der Waals surface area (Å²) in [5, 5.41) is 3.40. The van der Waals surface area contributed by atoms with Crippen molar-refractivity contribution in [1.29, 1.82) is 0 Å². The molecule has 1 fully saturated rings. The molecule has 1 saturated heterocycles. The molecule has 1 aliphatic rings. The summed E-state index contributed by atoms with van der Waals surface area (Å²) >= 11 is 1.21. The largest absolute Gasteiger partial charge is 0.347 e. The number of benzene rings is 2. The number of carbonyl (C=O) groups excluding carboxylic acids is 2. The third-order valence-corrected chi connectivity index (χ3v) is 6.05. The van der Waals surface area contributed by atoms with Crippen molar-refractivity contribution in [2.75, 3.05) is 18.0 Å². The minimum Gasteiger partial charge on any atom is -0.347 e. The Labute approximate surface area is 178 Å². The van der Waals surface area contributed by atoms with E-state index in [9.17, 15) is 14.0 Å². The summed E-state index contributed by atoms with van der Waals surface area (Å²) in [6.07, 6.45) is 0. The van der Waals surface area contributed by atoms with Gasteiger partial charge in [-0.1, -0.05) is 53.8 Å². The maximum atomic E-state index is 13.4. The lowest BCUT2D eigenvalue weighted by Crippen LogP contribution is -2.31. The molecule has 3 amide bonds. The number of hydrogen-bond donors (Lipinski definition) is 1. The Morgan fingerprint density at radius 2 is 1.90 bits per heavy atom. The van der Waals surface area contributed by atoms with E-state index in [1.807, 2.05) is 30.3 Å². The molecule has 0 unspecified atom stereocenters. The number of halogens is 1. The summed E-state index contributed by atoms with van der Waals surface area (Å²) in [6, 6.07) is 15.7. The van der Waals surface area contributed by atoms with Crippen molar-refractivity contribution < 1.29 is 14.0 Å². The van der Waals surface area contributed by atoms with Crippen molar-refractivity contribution in [3.8, 4) is 0 Å². The van der Waals surface area contributed by atoms with Gasteiger partial charge in [-0.15, -0.1) is 0 Å². The van der Waals surface area contributed by atoms with Gasteiger partial charge in [0.05, 0.1) is 5.69 Å². The van der Waals surface area contributed by atoms with Gasteiger partial charge in [-0.25, -0.2) is 14.2 Å². The minimum atomic E-state index is -0.322. The van der Waals surface area contributed by atoms with Gasteiger partial charge in [0.25, 0.3) is 5.91 Å². The lowest BCUT2D eigenvalue weighted by Gasteiger charge is -2.17. The summed E-state index contributed by atoms with van der Waals surface area (Å²) in [7, 11) is 0. The molecule has 6 nitrogen and oxygen atoms in total. The van der Waals surface area contributed by atoms with E-state index in [-0.39, 0.29) is 17.8 Å². The molecule has 2 aromatic carbocycles. The number of thiazole rings is 1. The van der Waals surface area contributed by atoms with E-state index in [4.69, 9.17) is 0 Å². The third kappa shape index (κ3) is 4.33. The van der Waals surface area contributed by atoms with E-state index in [1.54, 1.807) is 28.9 Å². The fourth-order valence-corrected chi connectivity index (χ4v) is 4.33. The highest BCUT2D eigenvalue weighted by molar-refractivity contribution is 7.17.